The Bertz CT molecular complexity index is 756. The molecule has 1 amide bonds. The van der Waals surface area contributed by atoms with Crippen LogP contribution >= 0.6 is 11.8 Å². The number of amides is 1. The number of ether oxygens (including phenoxy) is 1. The molecule has 1 aromatic carbocycles. The number of thioether (sulfide) groups is 1. The summed E-state index contributed by atoms with van der Waals surface area (Å²) in [7, 11) is 0. The van der Waals surface area contributed by atoms with Crippen LogP contribution in [-0.2, 0) is 4.79 Å². The number of nitriles is 1. The molecule has 0 aliphatic rings. The predicted molar refractivity (Wildman–Crippen MR) is 79.8 cm³/mol. The molecule has 1 aromatic heterocycles. The zero-order valence-electron chi connectivity index (χ0n) is 12.5. The van der Waals surface area contributed by atoms with E-state index in [0.717, 1.165) is 23.9 Å². The van der Waals surface area contributed by atoms with Crippen LogP contribution in [-0.4, -0.2) is 44.8 Å². The number of carbonyl (C=O) groups excluding carboxylic acids is 1. The highest BCUT2D eigenvalue weighted by molar-refractivity contribution is 7.99. The van der Waals surface area contributed by atoms with Gasteiger partial charge in [-0.25, -0.2) is 0 Å². The van der Waals surface area contributed by atoms with E-state index in [9.17, 15) is 18.0 Å². The van der Waals surface area contributed by atoms with Crippen molar-refractivity contribution in [2.45, 2.75) is 17.9 Å². The van der Waals surface area contributed by atoms with Crippen LogP contribution in [0.4, 0.5) is 13.2 Å². The lowest BCUT2D eigenvalue weighted by molar-refractivity contribution is -0.274. The zero-order valence-corrected chi connectivity index (χ0v) is 13.3. The van der Waals surface area contributed by atoms with Gasteiger partial charge in [-0.2, -0.15) is 9.94 Å². The lowest BCUT2D eigenvalue weighted by Crippen LogP contribution is -2.26. The largest absolute Gasteiger partial charge is 0.573 e. The Labute approximate surface area is 143 Å². The number of nitrogens with one attached hydrogen (secondary N) is 1. The highest BCUT2D eigenvalue weighted by Crippen LogP contribution is 2.24. The van der Waals surface area contributed by atoms with Crippen LogP contribution in [0.1, 0.15) is 6.42 Å². The van der Waals surface area contributed by atoms with Crippen LogP contribution in [0.3, 0.4) is 0 Å². The third-order valence-corrected chi connectivity index (χ3v) is 3.57. The predicted octanol–water partition coefficient (Wildman–Crippen LogP) is 1.68. The van der Waals surface area contributed by atoms with Gasteiger partial charge in [0.15, 0.2) is 0 Å². The van der Waals surface area contributed by atoms with E-state index in [4.69, 9.17) is 5.26 Å². The SMILES string of the molecule is N#CCCNC(=O)CSc1nnnn1-c1ccc(OC(F)(F)F)cc1. The highest BCUT2D eigenvalue weighted by atomic mass is 32.2. The summed E-state index contributed by atoms with van der Waals surface area (Å²) in [6.07, 6.45) is -4.56. The van der Waals surface area contributed by atoms with E-state index < -0.39 is 6.36 Å². The maximum Gasteiger partial charge on any atom is 0.573 e. The van der Waals surface area contributed by atoms with Crippen LogP contribution in [0, 0.1) is 11.3 Å². The van der Waals surface area contributed by atoms with E-state index in [1.807, 2.05) is 6.07 Å². The number of hydrogen-bond acceptors (Lipinski definition) is 7. The minimum absolute atomic E-state index is 0.0288. The molecule has 0 spiro atoms. The monoisotopic (exact) mass is 372 g/mol. The Morgan fingerprint density at radius 2 is 2.08 bits per heavy atom. The Morgan fingerprint density at radius 3 is 2.72 bits per heavy atom. The lowest BCUT2D eigenvalue weighted by atomic mass is 10.3. The van der Waals surface area contributed by atoms with Gasteiger partial charge in [0.1, 0.15) is 5.75 Å². The molecule has 8 nitrogen and oxygen atoms in total. The van der Waals surface area contributed by atoms with Crippen molar-refractivity contribution in [1.82, 2.24) is 25.5 Å². The van der Waals surface area contributed by atoms with E-state index in [1.54, 1.807) is 0 Å². The van der Waals surface area contributed by atoms with Gasteiger partial charge in [-0.05, 0) is 34.7 Å². The van der Waals surface area contributed by atoms with Crippen molar-refractivity contribution in [3.63, 3.8) is 0 Å². The zero-order chi connectivity index (χ0) is 18.3. The molecule has 0 unspecified atom stereocenters. The molecular formula is C13H11F3N6O2S. The molecule has 0 saturated carbocycles. The number of hydrogen-bond donors (Lipinski definition) is 1. The topological polar surface area (TPSA) is 106 Å². The normalized spacial score (nSPS) is 11.0. The minimum atomic E-state index is -4.77. The smallest absolute Gasteiger partial charge is 0.406 e. The second kappa shape index (κ2) is 8.34. The Kier molecular flexibility index (Phi) is 6.18. The third-order valence-electron chi connectivity index (χ3n) is 2.65. The fourth-order valence-electron chi connectivity index (χ4n) is 1.66. The van der Waals surface area contributed by atoms with Gasteiger partial charge in [-0.1, -0.05) is 11.8 Å². The summed E-state index contributed by atoms with van der Waals surface area (Å²) in [5.41, 5.74) is 0.409. The van der Waals surface area contributed by atoms with E-state index in [0.29, 0.717) is 10.8 Å². The maximum atomic E-state index is 12.1. The van der Waals surface area contributed by atoms with Crippen LogP contribution in [0.2, 0.25) is 0 Å². The molecule has 1 heterocycles. The highest BCUT2D eigenvalue weighted by Gasteiger charge is 2.31. The number of halogens is 3. The first-order valence-corrected chi connectivity index (χ1v) is 7.78. The standard InChI is InChI=1S/C13H11F3N6O2S/c14-13(15,16)24-10-4-2-9(3-5-10)22-12(19-20-21-22)25-8-11(23)18-7-1-6-17/h2-5H,1,7-8H2,(H,18,23). The minimum Gasteiger partial charge on any atom is -0.406 e. The summed E-state index contributed by atoms with van der Waals surface area (Å²) < 4.78 is 41.5. The van der Waals surface area contributed by atoms with Crippen molar-refractivity contribution in [3.05, 3.63) is 24.3 Å². The van der Waals surface area contributed by atoms with E-state index in [-0.39, 0.29) is 30.4 Å². The number of tetrazole rings is 1. The van der Waals surface area contributed by atoms with Gasteiger partial charge in [0.2, 0.25) is 11.1 Å². The number of benzene rings is 1. The van der Waals surface area contributed by atoms with Crippen LogP contribution in [0.15, 0.2) is 29.4 Å². The molecule has 2 aromatic rings. The molecule has 132 valence electrons. The number of rotatable bonds is 7. The van der Waals surface area contributed by atoms with Crippen molar-refractivity contribution in [2.75, 3.05) is 12.3 Å². The van der Waals surface area contributed by atoms with Crippen molar-refractivity contribution >= 4 is 17.7 Å². The molecule has 0 radical (unpaired) electrons. The average Bonchev–Trinajstić information content (AvgIpc) is 3.01. The molecule has 0 atom stereocenters. The average molecular weight is 372 g/mol. The van der Waals surface area contributed by atoms with Crippen LogP contribution in [0.25, 0.3) is 5.69 Å². The number of carbonyl (C=O) groups is 1. The molecule has 0 aliphatic heterocycles. The molecule has 1 N–H and O–H groups in total. The lowest BCUT2D eigenvalue weighted by Gasteiger charge is -2.09. The van der Waals surface area contributed by atoms with Gasteiger partial charge in [-0.15, -0.1) is 18.3 Å². The summed E-state index contributed by atoms with van der Waals surface area (Å²) in [6, 6.07) is 6.88. The molecule has 0 saturated heterocycles. The Morgan fingerprint density at radius 1 is 1.36 bits per heavy atom. The Hall–Kier alpha value is -2.81. The molecule has 0 aliphatic carbocycles. The quantitative estimate of drug-likeness (QED) is 0.582. The van der Waals surface area contributed by atoms with E-state index in [2.05, 4.69) is 25.6 Å². The molecule has 0 bridgehead atoms. The van der Waals surface area contributed by atoms with E-state index in [1.165, 1.54) is 16.8 Å². The second-order valence-corrected chi connectivity index (χ2v) is 5.40. The molecule has 0 fully saturated rings. The molecule has 2 rings (SSSR count). The number of nitrogens with zero attached hydrogens (tertiary/aromatic N) is 5. The fourth-order valence-corrected chi connectivity index (χ4v) is 2.38. The molecule has 12 heteroatoms. The first kappa shape index (κ1) is 18.5. The summed E-state index contributed by atoms with van der Waals surface area (Å²) in [6.45, 7) is 0.251. The van der Waals surface area contributed by atoms with Crippen LogP contribution < -0.4 is 10.1 Å². The summed E-state index contributed by atoms with van der Waals surface area (Å²) in [5.74, 6) is -0.625. The van der Waals surface area contributed by atoms with Crippen molar-refractivity contribution < 1.29 is 22.7 Å². The third kappa shape index (κ3) is 5.96. The fraction of sp³-hybridized carbons (Fsp3) is 0.308. The van der Waals surface area contributed by atoms with Crippen LogP contribution in [0.5, 0.6) is 5.75 Å². The Balaban J connectivity index is 1.99. The van der Waals surface area contributed by atoms with Gasteiger partial charge < -0.3 is 10.1 Å². The van der Waals surface area contributed by atoms with Gasteiger partial charge in [0.05, 0.1) is 23.9 Å². The second-order valence-electron chi connectivity index (χ2n) is 4.46. The molecule has 25 heavy (non-hydrogen) atoms. The van der Waals surface area contributed by atoms with E-state index >= 15 is 0 Å². The maximum absolute atomic E-state index is 12.1. The summed E-state index contributed by atoms with van der Waals surface area (Å²) in [4.78, 5) is 11.6. The van der Waals surface area contributed by atoms with Crippen molar-refractivity contribution in [2.24, 2.45) is 0 Å². The number of aromatic nitrogens is 4. The number of alkyl halides is 3. The molecular weight excluding hydrogens is 361 g/mol. The first-order valence-electron chi connectivity index (χ1n) is 6.80. The van der Waals surface area contributed by atoms with Crippen molar-refractivity contribution in [3.8, 4) is 17.5 Å². The summed E-state index contributed by atoms with van der Waals surface area (Å²) in [5, 5.41) is 22.2. The first-order chi connectivity index (χ1) is 11.9. The summed E-state index contributed by atoms with van der Waals surface area (Å²) >= 11 is 1.05. The van der Waals surface area contributed by atoms with Gasteiger partial charge in [0.25, 0.3) is 0 Å². The van der Waals surface area contributed by atoms with Gasteiger partial charge in [-0.3, -0.25) is 4.79 Å². The van der Waals surface area contributed by atoms with Gasteiger partial charge >= 0.3 is 6.36 Å². The van der Waals surface area contributed by atoms with Crippen molar-refractivity contribution in [1.29, 1.82) is 5.26 Å². The van der Waals surface area contributed by atoms with Gasteiger partial charge in [0, 0.05) is 6.54 Å².